The van der Waals surface area contributed by atoms with Crippen LogP contribution in [0.25, 0.3) is 11.0 Å². The highest BCUT2D eigenvalue weighted by Gasteiger charge is 2.04. The third-order valence-electron chi connectivity index (χ3n) is 2.99. The number of aromatic nitrogens is 6. The zero-order valence-corrected chi connectivity index (χ0v) is 12.0. The van der Waals surface area contributed by atoms with Gasteiger partial charge in [0.15, 0.2) is 0 Å². The molecule has 9 heteroatoms. The van der Waals surface area contributed by atoms with Gasteiger partial charge in [-0.25, -0.2) is 4.68 Å². The summed E-state index contributed by atoms with van der Waals surface area (Å²) in [6, 6.07) is 5.81. The van der Waals surface area contributed by atoms with Gasteiger partial charge in [0.05, 0.1) is 11.7 Å². The summed E-state index contributed by atoms with van der Waals surface area (Å²) in [7, 11) is 0. The molecule has 1 amide bonds. The van der Waals surface area contributed by atoms with Gasteiger partial charge in [0.25, 0.3) is 0 Å². The van der Waals surface area contributed by atoms with Gasteiger partial charge >= 0.3 is 0 Å². The minimum atomic E-state index is 0.0135. The summed E-state index contributed by atoms with van der Waals surface area (Å²) >= 11 is 1.19. The number of nitrogens with one attached hydrogen (secondary N) is 1. The standard InChI is InChI=1S/C12H13N7OS/c20-12(2-1-5-19-8-14-17-18-19)13-7-9-3-4-10-11(6-9)16-21-15-10/h3-4,6,8H,1-2,5,7H2,(H,13,20). The molecule has 0 bridgehead atoms. The SMILES string of the molecule is O=C(CCCn1cnnn1)NCc1ccc2nsnc2c1. The molecule has 1 aromatic carbocycles. The van der Waals surface area contributed by atoms with Crippen LogP contribution < -0.4 is 5.32 Å². The molecule has 2 heterocycles. The highest BCUT2D eigenvalue weighted by molar-refractivity contribution is 7.00. The summed E-state index contributed by atoms with van der Waals surface area (Å²) in [5.41, 5.74) is 2.77. The number of fused-ring (bicyclic) bond motifs is 1. The number of hydrogen-bond acceptors (Lipinski definition) is 7. The molecule has 0 aliphatic rings. The number of nitrogens with zero attached hydrogens (tertiary/aromatic N) is 6. The number of hydrogen-bond donors (Lipinski definition) is 1. The van der Waals surface area contributed by atoms with Crippen LogP contribution in [0.2, 0.25) is 0 Å². The van der Waals surface area contributed by atoms with Crippen LogP contribution in [-0.4, -0.2) is 34.9 Å². The van der Waals surface area contributed by atoms with Gasteiger partial charge in [-0.2, -0.15) is 8.75 Å². The molecule has 21 heavy (non-hydrogen) atoms. The molecule has 0 aliphatic heterocycles. The van der Waals surface area contributed by atoms with E-state index in [1.807, 2.05) is 18.2 Å². The minimum absolute atomic E-state index is 0.0135. The molecule has 1 N–H and O–H groups in total. The molecular formula is C12H13N7OS. The van der Waals surface area contributed by atoms with Gasteiger partial charge in [0.1, 0.15) is 17.4 Å². The molecule has 0 radical (unpaired) electrons. The Kier molecular flexibility index (Phi) is 4.10. The van der Waals surface area contributed by atoms with Crippen molar-refractivity contribution in [2.75, 3.05) is 0 Å². The van der Waals surface area contributed by atoms with Crippen LogP contribution >= 0.6 is 11.7 Å². The van der Waals surface area contributed by atoms with Gasteiger partial charge in [-0.3, -0.25) is 4.79 Å². The Morgan fingerprint density at radius 2 is 2.19 bits per heavy atom. The molecule has 0 fully saturated rings. The zero-order valence-electron chi connectivity index (χ0n) is 11.1. The number of carbonyl (C=O) groups excluding carboxylic acids is 1. The lowest BCUT2D eigenvalue weighted by molar-refractivity contribution is -0.121. The largest absolute Gasteiger partial charge is 0.352 e. The molecular weight excluding hydrogens is 290 g/mol. The van der Waals surface area contributed by atoms with Crippen molar-refractivity contribution in [3.8, 4) is 0 Å². The molecule has 3 rings (SSSR count). The Hall–Kier alpha value is -2.42. The van der Waals surface area contributed by atoms with Gasteiger partial charge in [-0.05, 0) is 34.5 Å². The monoisotopic (exact) mass is 303 g/mol. The summed E-state index contributed by atoms with van der Waals surface area (Å²) in [5, 5.41) is 13.7. The van der Waals surface area contributed by atoms with Gasteiger partial charge in [0, 0.05) is 19.5 Å². The maximum atomic E-state index is 11.8. The minimum Gasteiger partial charge on any atom is -0.352 e. The number of carbonyl (C=O) groups is 1. The lowest BCUT2D eigenvalue weighted by atomic mass is 10.2. The third kappa shape index (κ3) is 3.57. The molecule has 0 spiro atoms. The highest BCUT2D eigenvalue weighted by Crippen LogP contribution is 2.13. The lowest BCUT2D eigenvalue weighted by Crippen LogP contribution is -2.22. The van der Waals surface area contributed by atoms with Gasteiger partial charge in [-0.15, -0.1) is 5.10 Å². The van der Waals surface area contributed by atoms with Crippen LogP contribution in [0.5, 0.6) is 0 Å². The van der Waals surface area contributed by atoms with Crippen molar-refractivity contribution < 1.29 is 4.79 Å². The van der Waals surface area contributed by atoms with Crippen molar-refractivity contribution in [2.45, 2.75) is 25.9 Å². The van der Waals surface area contributed by atoms with Gasteiger partial charge < -0.3 is 5.32 Å². The number of rotatable bonds is 6. The topological polar surface area (TPSA) is 98.5 Å². The fourth-order valence-electron chi connectivity index (χ4n) is 1.91. The summed E-state index contributed by atoms with van der Waals surface area (Å²) in [6.07, 6.45) is 2.68. The quantitative estimate of drug-likeness (QED) is 0.722. The van der Waals surface area contributed by atoms with Crippen LogP contribution in [0.4, 0.5) is 0 Å². The first-order valence-electron chi connectivity index (χ1n) is 6.50. The summed E-state index contributed by atoms with van der Waals surface area (Å²) in [6.45, 7) is 1.13. The first-order chi connectivity index (χ1) is 10.3. The summed E-state index contributed by atoms with van der Waals surface area (Å²) < 4.78 is 9.93. The Bertz CT molecular complexity index is 724. The van der Waals surface area contributed by atoms with Gasteiger partial charge in [0.2, 0.25) is 5.91 Å². The van der Waals surface area contributed by atoms with Crippen LogP contribution in [0.1, 0.15) is 18.4 Å². The molecule has 0 unspecified atom stereocenters. The average Bonchev–Trinajstić information content (AvgIpc) is 3.15. The van der Waals surface area contributed by atoms with E-state index in [0.29, 0.717) is 25.9 Å². The highest BCUT2D eigenvalue weighted by atomic mass is 32.1. The molecule has 3 aromatic rings. The second-order valence-electron chi connectivity index (χ2n) is 4.54. The summed E-state index contributed by atoms with van der Waals surface area (Å²) in [4.78, 5) is 11.8. The maximum absolute atomic E-state index is 11.8. The Labute approximate surface area is 124 Å². The van der Waals surface area contributed by atoms with Crippen molar-refractivity contribution in [3.63, 3.8) is 0 Å². The average molecular weight is 303 g/mol. The Balaban J connectivity index is 1.44. The fraction of sp³-hybridized carbons (Fsp3) is 0.333. The van der Waals surface area contributed by atoms with Crippen molar-refractivity contribution in [3.05, 3.63) is 30.1 Å². The van der Waals surface area contributed by atoms with E-state index in [1.54, 1.807) is 4.68 Å². The number of aryl methyl sites for hydroxylation is 1. The normalized spacial score (nSPS) is 10.9. The molecule has 8 nitrogen and oxygen atoms in total. The zero-order chi connectivity index (χ0) is 14.5. The van der Waals surface area contributed by atoms with Crippen LogP contribution in [0, 0.1) is 0 Å². The number of benzene rings is 1. The lowest BCUT2D eigenvalue weighted by Gasteiger charge is -2.05. The van der Waals surface area contributed by atoms with Crippen LogP contribution in [-0.2, 0) is 17.9 Å². The first kappa shape index (κ1) is 13.6. The number of tetrazole rings is 1. The van der Waals surface area contributed by atoms with E-state index in [2.05, 4.69) is 29.6 Å². The van der Waals surface area contributed by atoms with Crippen molar-refractivity contribution >= 4 is 28.7 Å². The molecule has 0 saturated carbocycles. The molecule has 108 valence electrons. The summed E-state index contributed by atoms with van der Waals surface area (Å²) in [5.74, 6) is 0.0135. The van der Waals surface area contributed by atoms with Crippen LogP contribution in [0.15, 0.2) is 24.5 Å². The van der Waals surface area contributed by atoms with E-state index < -0.39 is 0 Å². The molecule has 0 aliphatic carbocycles. The van der Waals surface area contributed by atoms with Crippen molar-refractivity contribution in [1.29, 1.82) is 0 Å². The molecule has 0 atom stereocenters. The second-order valence-corrected chi connectivity index (χ2v) is 5.07. The van der Waals surface area contributed by atoms with E-state index in [-0.39, 0.29) is 5.91 Å². The van der Waals surface area contributed by atoms with Gasteiger partial charge in [-0.1, -0.05) is 6.07 Å². The predicted octanol–water partition coefficient (Wildman–Crippen LogP) is 0.774. The van der Waals surface area contributed by atoms with E-state index in [0.717, 1.165) is 16.6 Å². The first-order valence-corrected chi connectivity index (χ1v) is 7.23. The van der Waals surface area contributed by atoms with E-state index in [1.165, 1.54) is 18.1 Å². The Morgan fingerprint density at radius 3 is 3.05 bits per heavy atom. The van der Waals surface area contributed by atoms with E-state index in [4.69, 9.17) is 0 Å². The second kappa shape index (κ2) is 6.35. The van der Waals surface area contributed by atoms with E-state index >= 15 is 0 Å². The maximum Gasteiger partial charge on any atom is 0.220 e. The molecule has 2 aromatic heterocycles. The third-order valence-corrected chi connectivity index (χ3v) is 3.55. The Morgan fingerprint density at radius 1 is 1.29 bits per heavy atom. The van der Waals surface area contributed by atoms with Crippen molar-refractivity contribution in [1.82, 2.24) is 34.3 Å². The van der Waals surface area contributed by atoms with Crippen molar-refractivity contribution in [2.24, 2.45) is 0 Å². The van der Waals surface area contributed by atoms with E-state index in [9.17, 15) is 4.79 Å². The predicted molar refractivity (Wildman–Crippen MR) is 76.3 cm³/mol. The smallest absolute Gasteiger partial charge is 0.220 e. The fourth-order valence-corrected chi connectivity index (χ4v) is 2.43. The molecule has 0 saturated heterocycles. The van der Waals surface area contributed by atoms with Crippen LogP contribution in [0.3, 0.4) is 0 Å². The number of amides is 1.